The third-order valence-corrected chi connectivity index (χ3v) is 3.71. The minimum absolute atomic E-state index is 0.0179. The molecule has 0 bridgehead atoms. The van der Waals surface area contributed by atoms with Crippen LogP contribution in [0.1, 0.15) is 29.6 Å². The summed E-state index contributed by atoms with van der Waals surface area (Å²) in [5.41, 5.74) is 1.67. The number of aromatic amines is 1. The molecule has 4 heteroatoms. The van der Waals surface area contributed by atoms with E-state index in [1.54, 1.807) is 6.20 Å². The first-order valence-corrected chi connectivity index (χ1v) is 6.63. The number of H-pyrrole nitrogens is 1. The van der Waals surface area contributed by atoms with E-state index in [0.717, 1.165) is 23.7 Å². The highest BCUT2D eigenvalue weighted by molar-refractivity contribution is 6.09. The van der Waals surface area contributed by atoms with Crippen LogP contribution in [0.3, 0.4) is 0 Å². The topological polar surface area (TPSA) is 62.0 Å². The zero-order chi connectivity index (χ0) is 13.2. The van der Waals surface area contributed by atoms with Crippen molar-refractivity contribution in [3.63, 3.8) is 0 Å². The van der Waals surface area contributed by atoms with Crippen molar-refractivity contribution in [2.75, 3.05) is 6.54 Å². The number of Topliss-reactive ketones (excluding diaryl/α,β-unsaturated/α-hetero) is 1. The van der Waals surface area contributed by atoms with Crippen molar-refractivity contribution in [3.05, 3.63) is 36.0 Å². The fourth-order valence-corrected chi connectivity index (χ4v) is 2.69. The number of fused-ring (bicyclic) bond motifs is 1. The molecular formula is C15H16N2O2. The fraction of sp³-hybridized carbons (Fsp3) is 0.333. The molecule has 1 atom stereocenters. The third-order valence-electron chi connectivity index (χ3n) is 3.71. The molecular weight excluding hydrogens is 240 g/mol. The summed E-state index contributed by atoms with van der Waals surface area (Å²) in [5, 5.41) is 3.75. The number of hydrogen-bond donors (Lipinski definition) is 2. The molecule has 2 aromatic rings. The van der Waals surface area contributed by atoms with Gasteiger partial charge in [0.1, 0.15) is 0 Å². The van der Waals surface area contributed by atoms with Crippen molar-refractivity contribution in [3.8, 4) is 0 Å². The SMILES string of the molecule is O=C1CC(C(=O)c2c[nH]c3ccccc23)CCCN1. The van der Waals surface area contributed by atoms with E-state index in [0.29, 0.717) is 18.5 Å². The molecule has 4 nitrogen and oxygen atoms in total. The first-order valence-electron chi connectivity index (χ1n) is 6.63. The van der Waals surface area contributed by atoms with Gasteiger partial charge in [-0.25, -0.2) is 0 Å². The maximum atomic E-state index is 12.6. The summed E-state index contributed by atoms with van der Waals surface area (Å²) in [6.07, 6.45) is 3.70. The highest BCUT2D eigenvalue weighted by atomic mass is 16.2. The van der Waals surface area contributed by atoms with Crippen molar-refractivity contribution in [1.82, 2.24) is 10.3 Å². The number of carbonyl (C=O) groups excluding carboxylic acids is 2. The molecule has 19 heavy (non-hydrogen) atoms. The van der Waals surface area contributed by atoms with Gasteiger partial charge in [-0.2, -0.15) is 0 Å². The summed E-state index contributed by atoms with van der Waals surface area (Å²) >= 11 is 0. The monoisotopic (exact) mass is 256 g/mol. The number of ketones is 1. The average molecular weight is 256 g/mol. The molecule has 1 aromatic carbocycles. The Morgan fingerprint density at radius 2 is 2.11 bits per heavy atom. The predicted octanol–water partition coefficient (Wildman–Crippen LogP) is 2.27. The molecule has 0 saturated carbocycles. The Balaban J connectivity index is 1.92. The fourth-order valence-electron chi connectivity index (χ4n) is 2.69. The van der Waals surface area contributed by atoms with Gasteiger partial charge in [-0.1, -0.05) is 18.2 Å². The molecule has 1 unspecified atom stereocenters. The minimum Gasteiger partial charge on any atom is -0.360 e. The van der Waals surface area contributed by atoms with E-state index >= 15 is 0 Å². The number of aromatic nitrogens is 1. The van der Waals surface area contributed by atoms with Gasteiger partial charge in [0.2, 0.25) is 5.91 Å². The van der Waals surface area contributed by atoms with E-state index < -0.39 is 0 Å². The number of benzene rings is 1. The molecule has 1 aliphatic rings. The van der Waals surface area contributed by atoms with Gasteiger partial charge in [0.05, 0.1) is 0 Å². The summed E-state index contributed by atoms with van der Waals surface area (Å²) in [6.45, 7) is 0.677. The zero-order valence-corrected chi connectivity index (χ0v) is 10.6. The maximum absolute atomic E-state index is 12.6. The minimum atomic E-state index is -0.193. The number of rotatable bonds is 2. The largest absolute Gasteiger partial charge is 0.360 e. The van der Waals surface area contributed by atoms with Crippen LogP contribution in [0.25, 0.3) is 10.9 Å². The molecule has 98 valence electrons. The van der Waals surface area contributed by atoms with Gasteiger partial charge >= 0.3 is 0 Å². The molecule has 1 amide bonds. The quantitative estimate of drug-likeness (QED) is 0.810. The Morgan fingerprint density at radius 1 is 1.26 bits per heavy atom. The number of para-hydroxylation sites is 1. The van der Waals surface area contributed by atoms with Crippen LogP contribution >= 0.6 is 0 Å². The number of amides is 1. The van der Waals surface area contributed by atoms with Crippen LogP contribution in [0.5, 0.6) is 0 Å². The molecule has 2 heterocycles. The third kappa shape index (κ3) is 2.26. The summed E-state index contributed by atoms with van der Waals surface area (Å²) in [7, 11) is 0. The highest BCUT2D eigenvalue weighted by Gasteiger charge is 2.26. The second-order valence-corrected chi connectivity index (χ2v) is 5.01. The lowest BCUT2D eigenvalue weighted by Gasteiger charge is -2.10. The Bertz CT molecular complexity index is 630. The van der Waals surface area contributed by atoms with Gasteiger partial charge in [0.15, 0.2) is 5.78 Å². The van der Waals surface area contributed by atoms with E-state index in [1.807, 2.05) is 24.3 Å². The zero-order valence-electron chi connectivity index (χ0n) is 10.6. The van der Waals surface area contributed by atoms with Crippen molar-refractivity contribution in [2.24, 2.45) is 5.92 Å². The standard InChI is InChI=1S/C15H16N2O2/c18-14-8-10(4-3-7-16-14)15(19)12-9-17-13-6-2-1-5-11(12)13/h1-2,5-6,9-10,17H,3-4,7-8H2,(H,16,18). The van der Waals surface area contributed by atoms with E-state index in [-0.39, 0.29) is 17.6 Å². The molecule has 0 aliphatic carbocycles. The van der Waals surface area contributed by atoms with Gasteiger partial charge < -0.3 is 10.3 Å². The summed E-state index contributed by atoms with van der Waals surface area (Å²) in [4.78, 5) is 27.2. The van der Waals surface area contributed by atoms with Crippen LogP contribution in [-0.2, 0) is 4.79 Å². The molecule has 1 aliphatic heterocycles. The lowest BCUT2D eigenvalue weighted by Crippen LogP contribution is -2.24. The van der Waals surface area contributed by atoms with E-state index in [1.165, 1.54) is 0 Å². The summed E-state index contributed by atoms with van der Waals surface area (Å²) in [5.74, 6) is -0.133. The molecule has 2 N–H and O–H groups in total. The summed E-state index contributed by atoms with van der Waals surface area (Å²) in [6, 6.07) is 7.75. The Labute approximate surface area is 111 Å². The van der Waals surface area contributed by atoms with E-state index in [2.05, 4.69) is 10.3 Å². The Hall–Kier alpha value is -2.10. The van der Waals surface area contributed by atoms with E-state index in [4.69, 9.17) is 0 Å². The average Bonchev–Trinajstić information content (AvgIpc) is 2.73. The Morgan fingerprint density at radius 3 is 3.00 bits per heavy atom. The molecule has 0 radical (unpaired) electrons. The first-order chi connectivity index (χ1) is 9.25. The van der Waals surface area contributed by atoms with Crippen LogP contribution < -0.4 is 5.32 Å². The lowest BCUT2D eigenvalue weighted by atomic mass is 9.91. The highest BCUT2D eigenvalue weighted by Crippen LogP contribution is 2.25. The number of nitrogens with one attached hydrogen (secondary N) is 2. The molecule has 1 saturated heterocycles. The molecule has 0 spiro atoms. The maximum Gasteiger partial charge on any atom is 0.220 e. The second kappa shape index (κ2) is 4.88. The predicted molar refractivity (Wildman–Crippen MR) is 73.0 cm³/mol. The van der Waals surface area contributed by atoms with Crippen LogP contribution in [0.2, 0.25) is 0 Å². The molecule has 3 rings (SSSR count). The van der Waals surface area contributed by atoms with Crippen LogP contribution in [-0.4, -0.2) is 23.2 Å². The van der Waals surface area contributed by atoms with Crippen molar-refractivity contribution in [1.29, 1.82) is 0 Å². The van der Waals surface area contributed by atoms with Gasteiger partial charge in [0.25, 0.3) is 0 Å². The van der Waals surface area contributed by atoms with Gasteiger partial charge in [-0.3, -0.25) is 9.59 Å². The number of carbonyl (C=O) groups is 2. The lowest BCUT2D eigenvalue weighted by molar-refractivity contribution is -0.121. The normalized spacial score (nSPS) is 20.0. The number of hydrogen-bond acceptors (Lipinski definition) is 2. The van der Waals surface area contributed by atoms with Crippen LogP contribution in [0.4, 0.5) is 0 Å². The van der Waals surface area contributed by atoms with Crippen molar-refractivity contribution >= 4 is 22.6 Å². The smallest absolute Gasteiger partial charge is 0.220 e. The molecule has 1 fully saturated rings. The first kappa shape index (κ1) is 12.0. The van der Waals surface area contributed by atoms with Crippen LogP contribution in [0, 0.1) is 5.92 Å². The second-order valence-electron chi connectivity index (χ2n) is 5.01. The van der Waals surface area contributed by atoms with Crippen LogP contribution in [0.15, 0.2) is 30.5 Å². The van der Waals surface area contributed by atoms with Crippen molar-refractivity contribution < 1.29 is 9.59 Å². The Kier molecular flexibility index (Phi) is 3.07. The van der Waals surface area contributed by atoms with Gasteiger partial charge in [-0.15, -0.1) is 0 Å². The summed E-state index contributed by atoms with van der Waals surface area (Å²) < 4.78 is 0. The molecule has 1 aromatic heterocycles. The van der Waals surface area contributed by atoms with Crippen molar-refractivity contribution in [2.45, 2.75) is 19.3 Å². The van der Waals surface area contributed by atoms with Gasteiger partial charge in [-0.05, 0) is 18.9 Å². The van der Waals surface area contributed by atoms with E-state index in [9.17, 15) is 9.59 Å². The van der Waals surface area contributed by atoms with Gasteiger partial charge in [0, 0.05) is 41.5 Å².